The van der Waals surface area contributed by atoms with E-state index in [1.807, 2.05) is 0 Å². The van der Waals surface area contributed by atoms with E-state index in [-0.39, 0.29) is 18.3 Å². The topological polar surface area (TPSA) is 71.2 Å². The molecular weight excluding hydrogens is 448 g/mol. The predicted molar refractivity (Wildman–Crippen MR) is 112 cm³/mol. The zero-order valence-corrected chi connectivity index (χ0v) is 17.6. The lowest BCUT2D eigenvalue weighted by Gasteiger charge is -2.30. The SMILES string of the molecule is CC(c1ccc(C(F)(F)F)s1)n1cnc(N2CC=C(c3ccc(F)cc3)C(O)C2)nc1=O. The molecular formula is C21H18F4N4O2S. The number of thiophene rings is 1. The zero-order valence-electron chi connectivity index (χ0n) is 16.8. The van der Waals surface area contributed by atoms with Gasteiger partial charge < -0.3 is 10.0 Å². The van der Waals surface area contributed by atoms with E-state index >= 15 is 0 Å². The highest BCUT2D eigenvalue weighted by Gasteiger charge is 2.33. The largest absolute Gasteiger partial charge is 0.425 e. The van der Waals surface area contributed by atoms with Gasteiger partial charge in [0.15, 0.2) is 0 Å². The summed E-state index contributed by atoms with van der Waals surface area (Å²) >= 11 is 0.568. The minimum atomic E-state index is -4.44. The number of hydrogen-bond donors (Lipinski definition) is 1. The van der Waals surface area contributed by atoms with Crippen LogP contribution >= 0.6 is 11.3 Å². The van der Waals surface area contributed by atoms with Crippen molar-refractivity contribution in [2.45, 2.75) is 25.2 Å². The van der Waals surface area contributed by atoms with Crippen LogP contribution in [-0.4, -0.2) is 38.8 Å². The molecule has 3 aromatic rings. The van der Waals surface area contributed by atoms with E-state index in [9.17, 15) is 27.5 Å². The Morgan fingerprint density at radius 2 is 1.91 bits per heavy atom. The molecule has 6 nitrogen and oxygen atoms in total. The van der Waals surface area contributed by atoms with Crippen LogP contribution in [0, 0.1) is 5.82 Å². The van der Waals surface area contributed by atoms with Gasteiger partial charge in [-0.2, -0.15) is 18.2 Å². The molecule has 0 saturated carbocycles. The zero-order chi connectivity index (χ0) is 23.0. The molecule has 11 heteroatoms. The van der Waals surface area contributed by atoms with Crippen molar-refractivity contribution in [3.05, 3.63) is 80.4 Å². The van der Waals surface area contributed by atoms with Crippen molar-refractivity contribution in [2.75, 3.05) is 18.0 Å². The van der Waals surface area contributed by atoms with Gasteiger partial charge in [-0.15, -0.1) is 11.3 Å². The Labute approximate surface area is 184 Å². The summed E-state index contributed by atoms with van der Waals surface area (Å²) in [5, 5.41) is 10.5. The fraction of sp³-hybridized carbons (Fsp3) is 0.286. The fourth-order valence-corrected chi connectivity index (χ4v) is 4.39. The van der Waals surface area contributed by atoms with Gasteiger partial charge in [-0.3, -0.25) is 4.57 Å². The standard InChI is InChI=1S/C21H18F4N4O2S/c1-12(17-6-7-18(32-17)21(23,24)25)29-11-26-19(27-20(29)31)28-9-8-15(16(30)10-28)13-2-4-14(22)5-3-13/h2-8,11-12,16,30H,9-10H2,1H3. The Bertz CT molecular complexity index is 1200. The third kappa shape index (κ3) is 4.44. The molecule has 1 N–H and O–H groups in total. The summed E-state index contributed by atoms with van der Waals surface area (Å²) in [7, 11) is 0. The minimum absolute atomic E-state index is 0.106. The summed E-state index contributed by atoms with van der Waals surface area (Å²) in [4.78, 5) is 21.9. The average Bonchev–Trinajstić information content (AvgIpc) is 3.25. The number of alkyl halides is 3. The second-order valence-electron chi connectivity index (χ2n) is 7.31. The summed E-state index contributed by atoms with van der Waals surface area (Å²) in [6.07, 6.45) is -2.34. The van der Waals surface area contributed by atoms with Crippen molar-refractivity contribution in [1.82, 2.24) is 14.5 Å². The van der Waals surface area contributed by atoms with Gasteiger partial charge in [0.25, 0.3) is 0 Å². The summed E-state index contributed by atoms with van der Waals surface area (Å²) in [5.74, 6) is -0.268. The molecule has 0 aliphatic carbocycles. The quantitative estimate of drug-likeness (QED) is 0.594. The molecule has 168 valence electrons. The van der Waals surface area contributed by atoms with E-state index in [0.717, 1.165) is 10.6 Å². The number of hydrogen-bond acceptors (Lipinski definition) is 6. The number of aromatic nitrogens is 3. The van der Waals surface area contributed by atoms with Crippen molar-refractivity contribution in [1.29, 1.82) is 0 Å². The van der Waals surface area contributed by atoms with Crippen molar-refractivity contribution >= 4 is 22.9 Å². The third-order valence-corrected chi connectivity index (χ3v) is 6.49. The molecule has 3 heterocycles. The van der Waals surface area contributed by atoms with Gasteiger partial charge in [0, 0.05) is 11.4 Å². The maximum atomic E-state index is 13.1. The summed E-state index contributed by atoms with van der Waals surface area (Å²) < 4.78 is 52.9. The molecule has 0 amide bonds. The van der Waals surface area contributed by atoms with Gasteiger partial charge in [-0.25, -0.2) is 14.2 Å². The molecule has 2 unspecified atom stereocenters. The molecule has 0 fully saturated rings. The molecule has 2 atom stereocenters. The highest BCUT2D eigenvalue weighted by Crippen LogP contribution is 2.37. The van der Waals surface area contributed by atoms with Crippen LogP contribution in [0.2, 0.25) is 0 Å². The van der Waals surface area contributed by atoms with Crippen molar-refractivity contribution in [3.63, 3.8) is 0 Å². The summed E-state index contributed by atoms with van der Waals surface area (Å²) in [6.45, 7) is 2.05. The Hall–Kier alpha value is -3.05. The maximum Gasteiger partial charge on any atom is 0.425 e. The molecule has 0 radical (unpaired) electrons. The van der Waals surface area contributed by atoms with Crippen LogP contribution in [0.25, 0.3) is 5.57 Å². The maximum absolute atomic E-state index is 13.1. The number of anilines is 1. The second kappa shape index (κ2) is 8.47. The Balaban J connectivity index is 1.53. The monoisotopic (exact) mass is 466 g/mol. The predicted octanol–water partition coefficient (Wildman–Crippen LogP) is 3.73. The van der Waals surface area contributed by atoms with Gasteiger partial charge >= 0.3 is 11.9 Å². The number of aliphatic hydroxyl groups excluding tert-OH is 1. The lowest BCUT2D eigenvalue weighted by atomic mass is 9.97. The lowest BCUT2D eigenvalue weighted by Crippen LogP contribution is -2.40. The molecule has 4 rings (SSSR count). The van der Waals surface area contributed by atoms with Gasteiger partial charge in [0.2, 0.25) is 5.95 Å². The number of aliphatic hydroxyl groups is 1. The number of β-amino-alcohol motifs (C(OH)–C–C–N with tert-alkyl or cyclic N) is 1. The molecule has 2 aromatic heterocycles. The van der Waals surface area contributed by atoms with Crippen LogP contribution < -0.4 is 10.6 Å². The number of halogens is 4. The molecule has 1 aromatic carbocycles. The first-order valence-corrected chi connectivity index (χ1v) is 10.5. The Morgan fingerprint density at radius 3 is 2.50 bits per heavy atom. The van der Waals surface area contributed by atoms with E-state index in [4.69, 9.17) is 0 Å². The van der Waals surface area contributed by atoms with Crippen molar-refractivity contribution in [3.8, 4) is 0 Å². The van der Waals surface area contributed by atoms with Gasteiger partial charge in [0.05, 0.1) is 18.7 Å². The van der Waals surface area contributed by atoms with Crippen LogP contribution in [0.5, 0.6) is 0 Å². The average molecular weight is 466 g/mol. The summed E-state index contributed by atoms with van der Waals surface area (Å²) in [6, 6.07) is 7.42. The lowest BCUT2D eigenvalue weighted by molar-refractivity contribution is -0.134. The Kier molecular flexibility index (Phi) is 5.87. The molecule has 32 heavy (non-hydrogen) atoms. The van der Waals surface area contributed by atoms with Crippen LogP contribution in [0.15, 0.2) is 53.6 Å². The van der Waals surface area contributed by atoms with Gasteiger partial charge in [-0.1, -0.05) is 18.2 Å². The van der Waals surface area contributed by atoms with Gasteiger partial charge in [-0.05, 0) is 42.3 Å². The summed E-state index contributed by atoms with van der Waals surface area (Å²) in [5.41, 5.74) is 0.673. The van der Waals surface area contributed by atoms with Gasteiger partial charge in [0.1, 0.15) is 17.0 Å². The molecule has 1 aliphatic heterocycles. The smallest absolute Gasteiger partial charge is 0.387 e. The second-order valence-corrected chi connectivity index (χ2v) is 8.42. The molecule has 1 aliphatic rings. The highest BCUT2D eigenvalue weighted by atomic mass is 32.1. The van der Waals surface area contributed by atoms with Crippen LogP contribution in [0.4, 0.5) is 23.5 Å². The van der Waals surface area contributed by atoms with E-state index < -0.39 is 28.9 Å². The number of benzene rings is 1. The van der Waals surface area contributed by atoms with E-state index in [1.54, 1.807) is 30.0 Å². The van der Waals surface area contributed by atoms with Crippen LogP contribution in [-0.2, 0) is 6.18 Å². The van der Waals surface area contributed by atoms with E-state index in [0.29, 0.717) is 33.9 Å². The van der Waals surface area contributed by atoms with Crippen LogP contribution in [0.1, 0.15) is 28.3 Å². The first kappa shape index (κ1) is 22.2. The first-order valence-electron chi connectivity index (χ1n) is 9.64. The van der Waals surface area contributed by atoms with E-state index in [2.05, 4.69) is 9.97 Å². The Morgan fingerprint density at radius 1 is 1.19 bits per heavy atom. The number of rotatable bonds is 4. The fourth-order valence-electron chi connectivity index (χ4n) is 3.46. The highest BCUT2D eigenvalue weighted by molar-refractivity contribution is 7.12. The third-order valence-electron chi connectivity index (χ3n) is 5.19. The number of nitrogens with zero attached hydrogens (tertiary/aromatic N) is 4. The molecule has 0 bridgehead atoms. The molecule has 0 spiro atoms. The van der Waals surface area contributed by atoms with Crippen LogP contribution in [0.3, 0.4) is 0 Å². The minimum Gasteiger partial charge on any atom is -0.387 e. The van der Waals surface area contributed by atoms with Crippen molar-refractivity contribution < 1.29 is 22.7 Å². The van der Waals surface area contributed by atoms with Crippen molar-refractivity contribution in [2.24, 2.45) is 0 Å². The molecule has 0 saturated heterocycles. The van der Waals surface area contributed by atoms with E-state index in [1.165, 1.54) is 24.5 Å². The first-order chi connectivity index (χ1) is 15.1. The normalized spacial score (nSPS) is 17.9.